The number of amides is 3. The van der Waals surface area contributed by atoms with Gasteiger partial charge in [-0.25, -0.2) is 18.3 Å². The van der Waals surface area contributed by atoms with Gasteiger partial charge in [0, 0.05) is 78.0 Å². The van der Waals surface area contributed by atoms with Crippen LogP contribution in [-0.2, 0) is 65.3 Å². The Labute approximate surface area is 389 Å². The second kappa shape index (κ2) is 21.7. The molecule has 1 fully saturated rings. The standard InChI is InChI=1S/C46H53N5O12S3/c1-45(2)35(28-33(43(54)49(4)62-5)30-47-24-12-26-65(6,57)58)31-48-39(45)14-10-8-7-9-11-15-40-46(3,34-18-16-32(17-19-34)44(55)63-51-41(52)22-23-42(51)53)37-29-36(64-56)20-21-38(37)50(40)25-13-27-66(59,60)61/h7-11,14-21,28-30H,12-13,22-27,31H2,1-6H3,(H-,47,54,59,60,61)/p+2. The van der Waals surface area contributed by atoms with Crippen LogP contribution in [0, 0.1) is 5.41 Å². The molecule has 3 amide bonds. The van der Waals surface area contributed by atoms with Crippen LogP contribution in [0.25, 0.3) is 0 Å². The molecule has 0 aliphatic carbocycles. The number of carbonyl (C=O) groups is 4. The Bertz CT molecular complexity index is 2670. The smallest absolute Gasteiger partial charge is 0.344 e. The van der Waals surface area contributed by atoms with Gasteiger partial charge in [-0.1, -0.05) is 56.4 Å². The van der Waals surface area contributed by atoms with Crippen molar-refractivity contribution in [2.24, 2.45) is 10.4 Å². The minimum absolute atomic E-state index is 0.0463. The zero-order chi connectivity index (χ0) is 48.5. The number of hydrogen-bond acceptors (Lipinski definition) is 13. The zero-order valence-corrected chi connectivity index (χ0v) is 40.1. The number of benzene rings is 2. The number of nitrogens with zero attached hydrogens (tertiary/aromatic N) is 4. The van der Waals surface area contributed by atoms with Gasteiger partial charge >= 0.3 is 17.6 Å². The molecule has 17 nitrogen and oxygen atoms in total. The first-order valence-electron chi connectivity index (χ1n) is 21.0. The summed E-state index contributed by atoms with van der Waals surface area (Å²) in [4.78, 5) is 67.6. The second-order valence-corrected chi connectivity index (χ2v) is 21.0. The third-order valence-electron chi connectivity index (χ3n) is 11.5. The quantitative estimate of drug-likeness (QED) is 0.0365. The number of hydrogen-bond donors (Lipinski definition) is 2. The van der Waals surface area contributed by atoms with Crippen LogP contribution < -0.4 is 10.2 Å². The number of likely N-dealkylation sites (N-methyl/N-ethyl adjacent to an activating group) is 1. The van der Waals surface area contributed by atoms with Gasteiger partial charge < -0.3 is 15.1 Å². The van der Waals surface area contributed by atoms with Crippen molar-refractivity contribution in [3.05, 3.63) is 131 Å². The second-order valence-electron chi connectivity index (χ2n) is 16.5. The van der Waals surface area contributed by atoms with Gasteiger partial charge in [-0.05, 0) is 66.5 Å². The van der Waals surface area contributed by atoms with Crippen molar-refractivity contribution in [3.63, 3.8) is 0 Å². The first kappa shape index (κ1) is 51.2. The van der Waals surface area contributed by atoms with Crippen LogP contribution in [0.4, 0.5) is 5.69 Å². The van der Waals surface area contributed by atoms with Crippen LogP contribution in [0.15, 0.2) is 124 Å². The van der Waals surface area contributed by atoms with Crippen molar-refractivity contribution in [1.29, 1.82) is 0 Å². The largest absolute Gasteiger partial charge is 0.505 e. The molecule has 3 aliphatic heterocycles. The Morgan fingerprint density at radius 3 is 2.26 bits per heavy atom. The lowest BCUT2D eigenvalue weighted by Gasteiger charge is -2.31. The van der Waals surface area contributed by atoms with Gasteiger partial charge in [0.05, 0.1) is 48.3 Å². The number of sulfone groups is 1. The molecule has 0 bridgehead atoms. The van der Waals surface area contributed by atoms with E-state index in [-0.39, 0.29) is 43.0 Å². The molecular weight excluding hydrogens is 911 g/mol. The number of quaternary nitrogens is 1. The lowest BCUT2D eigenvalue weighted by molar-refractivity contribution is -0.588. The van der Waals surface area contributed by atoms with Crippen LogP contribution in [0.2, 0.25) is 0 Å². The van der Waals surface area contributed by atoms with E-state index in [0.717, 1.165) is 21.9 Å². The molecule has 1 saturated heterocycles. The maximum absolute atomic E-state index is 13.2. The molecule has 66 heavy (non-hydrogen) atoms. The van der Waals surface area contributed by atoms with Crippen molar-refractivity contribution in [2.75, 3.05) is 56.5 Å². The molecule has 0 spiro atoms. The Kier molecular flexibility index (Phi) is 16.8. The van der Waals surface area contributed by atoms with Crippen molar-refractivity contribution in [1.82, 2.24) is 10.1 Å². The van der Waals surface area contributed by atoms with E-state index in [4.69, 9.17) is 14.7 Å². The van der Waals surface area contributed by atoms with Gasteiger partial charge in [-0.2, -0.15) is 8.42 Å². The SMILES string of the molecule is CON(C)C(=O)C(=C[NH2+]CCCS(C)(=O)=O)C=C1CN=C(C=CC=CC=CC=C2N(CCCS(=O)(=O)O)c3ccc([S+]=O)cc3C2(C)c2ccc(C(=O)ON3C(=O)CCC3=O)cc2)C1(C)C. The van der Waals surface area contributed by atoms with E-state index in [1.165, 1.54) is 32.5 Å². The molecule has 5 rings (SSSR count). The third-order valence-corrected chi connectivity index (χ3v) is 13.8. The van der Waals surface area contributed by atoms with E-state index >= 15 is 0 Å². The number of hydroxylamine groups is 4. The monoisotopic (exact) mass is 965 g/mol. The van der Waals surface area contributed by atoms with E-state index in [9.17, 15) is 44.8 Å². The number of anilines is 1. The number of fused-ring (bicyclic) bond motifs is 1. The van der Waals surface area contributed by atoms with E-state index in [1.54, 1.807) is 47.9 Å². The molecule has 0 saturated carbocycles. The molecule has 20 heteroatoms. The summed E-state index contributed by atoms with van der Waals surface area (Å²) >= 11 is 0.323. The first-order chi connectivity index (χ1) is 31.1. The highest BCUT2D eigenvalue weighted by atomic mass is 32.2. The van der Waals surface area contributed by atoms with Gasteiger partial charge in [0.15, 0.2) is 0 Å². The van der Waals surface area contributed by atoms with Crippen LogP contribution >= 0.6 is 0 Å². The first-order valence-corrected chi connectivity index (χ1v) is 25.4. The summed E-state index contributed by atoms with van der Waals surface area (Å²) in [7, 11) is -4.46. The van der Waals surface area contributed by atoms with Crippen molar-refractivity contribution < 1.29 is 59.8 Å². The average Bonchev–Trinajstić information content (AvgIpc) is 3.83. The molecule has 2 aromatic carbocycles. The predicted octanol–water partition coefficient (Wildman–Crippen LogP) is 3.96. The molecule has 2 aromatic rings. The summed E-state index contributed by atoms with van der Waals surface area (Å²) in [5, 5.41) is 3.37. The minimum Gasteiger partial charge on any atom is -0.344 e. The molecule has 1 unspecified atom stereocenters. The summed E-state index contributed by atoms with van der Waals surface area (Å²) < 4.78 is 68.2. The van der Waals surface area contributed by atoms with Gasteiger partial charge in [0.25, 0.3) is 32.7 Å². The Hall–Kier alpha value is -5.77. The fourth-order valence-corrected chi connectivity index (χ4v) is 9.16. The third kappa shape index (κ3) is 12.6. The number of carbonyl (C=O) groups excluding carboxylic acids is 4. The van der Waals surface area contributed by atoms with Crippen molar-refractivity contribution >= 4 is 66.7 Å². The lowest BCUT2D eigenvalue weighted by Crippen LogP contribution is -2.78. The Balaban J connectivity index is 1.39. The van der Waals surface area contributed by atoms with Gasteiger partial charge in [0.1, 0.15) is 16.0 Å². The number of nitrogens with two attached hydrogens (primary N) is 1. The maximum Gasteiger partial charge on any atom is 0.505 e. The van der Waals surface area contributed by atoms with Gasteiger partial charge in [0.2, 0.25) is 0 Å². The van der Waals surface area contributed by atoms with Crippen LogP contribution in [0.1, 0.15) is 67.9 Å². The summed E-state index contributed by atoms with van der Waals surface area (Å²) in [5.41, 5.74) is 3.54. The van der Waals surface area contributed by atoms with Crippen molar-refractivity contribution in [2.45, 2.75) is 56.8 Å². The maximum atomic E-state index is 13.2. The Morgan fingerprint density at radius 2 is 1.62 bits per heavy atom. The van der Waals surface area contributed by atoms with Crippen molar-refractivity contribution in [3.8, 4) is 0 Å². The van der Waals surface area contributed by atoms with Gasteiger partial charge in [-0.15, -0.1) is 5.06 Å². The summed E-state index contributed by atoms with van der Waals surface area (Å²) in [5.74, 6) is -2.89. The van der Waals surface area contributed by atoms with E-state index in [1.807, 2.05) is 68.2 Å². The number of rotatable bonds is 20. The van der Waals surface area contributed by atoms with E-state index in [0.29, 0.717) is 63.7 Å². The zero-order valence-electron chi connectivity index (χ0n) is 37.6. The number of imide groups is 1. The molecule has 0 radical (unpaired) electrons. The molecule has 3 N–H and O–H groups in total. The molecule has 3 aliphatic rings. The summed E-state index contributed by atoms with van der Waals surface area (Å²) in [6, 6.07) is 11.7. The van der Waals surface area contributed by atoms with Crippen LogP contribution in [-0.4, -0.2) is 112 Å². The molecule has 352 valence electrons. The molecule has 0 aromatic heterocycles. The summed E-state index contributed by atoms with van der Waals surface area (Å²) in [6.45, 7) is 7.00. The number of allylic oxidation sites excluding steroid dienone is 8. The van der Waals surface area contributed by atoms with E-state index < -0.39 is 54.3 Å². The van der Waals surface area contributed by atoms with Crippen LogP contribution in [0.3, 0.4) is 0 Å². The highest BCUT2D eigenvalue weighted by molar-refractivity contribution is 7.90. The Morgan fingerprint density at radius 1 is 0.955 bits per heavy atom. The fraction of sp³-hybridized carbons (Fsp3) is 0.370. The summed E-state index contributed by atoms with van der Waals surface area (Å²) in [6.07, 6.45) is 18.0. The average molecular weight is 966 g/mol. The highest BCUT2D eigenvalue weighted by Crippen LogP contribution is 2.52. The molecular formula is C46H55N5O12S3+2. The fourth-order valence-electron chi connectivity index (χ4n) is 7.69. The molecule has 3 heterocycles. The van der Waals surface area contributed by atoms with Gasteiger partial charge in [-0.3, -0.25) is 28.8 Å². The predicted molar refractivity (Wildman–Crippen MR) is 249 cm³/mol. The normalized spacial score (nSPS) is 20.1. The van der Waals surface area contributed by atoms with E-state index in [2.05, 4.69) is 0 Å². The number of aliphatic imine (C=N–C) groups is 1. The lowest BCUT2D eigenvalue weighted by atomic mass is 9.75. The van der Waals surface area contributed by atoms with Crippen LogP contribution in [0.5, 0.6) is 0 Å². The highest BCUT2D eigenvalue weighted by Gasteiger charge is 2.46. The minimum atomic E-state index is -4.26. The topological polar surface area (TPSA) is 231 Å². The molecule has 1 atom stereocenters.